The molecule has 0 aliphatic rings. The van der Waals surface area contributed by atoms with E-state index < -0.39 is 5.97 Å². The third-order valence-corrected chi connectivity index (χ3v) is 4.27. The number of rotatable bonds is 7. The zero-order valence-electron chi connectivity index (χ0n) is 16.0. The predicted molar refractivity (Wildman–Crippen MR) is 102 cm³/mol. The molecule has 27 heavy (non-hydrogen) atoms. The van der Waals surface area contributed by atoms with Crippen molar-refractivity contribution in [1.82, 2.24) is 4.98 Å². The Morgan fingerprint density at radius 3 is 2.52 bits per heavy atom. The van der Waals surface area contributed by atoms with Crippen molar-refractivity contribution in [2.24, 2.45) is 0 Å². The van der Waals surface area contributed by atoms with E-state index in [4.69, 9.17) is 13.9 Å². The number of esters is 1. The molecular weight excluding hydrogens is 346 g/mol. The molecule has 1 N–H and O–H groups in total. The summed E-state index contributed by atoms with van der Waals surface area (Å²) in [6.07, 6.45) is 0.905. The molecule has 0 saturated carbocycles. The topological polar surface area (TPSA) is 81.5 Å². The standard InChI is InChI=1S/C21H23NO5/c1-5-9-26-15-8-7-14-10-17(27-16(14)11-15)20(23)18-12(3)22-13(4)19(18)21(24)25-6-2/h7-8,10-11,22H,5-6,9H2,1-4H3. The van der Waals surface area contributed by atoms with Crippen LogP contribution in [0.5, 0.6) is 5.75 Å². The molecular formula is C21H23NO5. The van der Waals surface area contributed by atoms with Crippen LogP contribution in [0, 0.1) is 13.8 Å². The lowest BCUT2D eigenvalue weighted by Gasteiger charge is -2.04. The largest absolute Gasteiger partial charge is 0.493 e. The van der Waals surface area contributed by atoms with Gasteiger partial charge in [-0.2, -0.15) is 0 Å². The van der Waals surface area contributed by atoms with E-state index in [0.29, 0.717) is 29.3 Å². The number of benzene rings is 1. The molecule has 3 aromatic rings. The number of furan rings is 1. The number of nitrogens with one attached hydrogen (secondary N) is 1. The molecule has 0 atom stereocenters. The van der Waals surface area contributed by atoms with Crippen LogP contribution in [0.2, 0.25) is 0 Å². The van der Waals surface area contributed by atoms with Crippen LogP contribution in [0.25, 0.3) is 11.0 Å². The van der Waals surface area contributed by atoms with E-state index in [0.717, 1.165) is 11.8 Å². The van der Waals surface area contributed by atoms with Crippen molar-refractivity contribution in [3.8, 4) is 5.75 Å². The molecule has 2 aromatic heterocycles. The Kier molecular flexibility index (Phi) is 5.35. The molecule has 0 unspecified atom stereocenters. The van der Waals surface area contributed by atoms with E-state index in [9.17, 15) is 9.59 Å². The maximum atomic E-state index is 13.1. The highest BCUT2D eigenvalue weighted by Gasteiger charge is 2.28. The van der Waals surface area contributed by atoms with Gasteiger partial charge in [0.15, 0.2) is 5.76 Å². The van der Waals surface area contributed by atoms with Crippen LogP contribution in [-0.2, 0) is 4.74 Å². The van der Waals surface area contributed by atoms with Crippen molar-refractivity contribution in [2.75, 3.05) is 13.2 Å². The number of hydrogen-bond donors (Lipinski definition) is 1. The normalized spacial score (nSPS) is 11.0. The molecule has 0 spiro atoms. The zero-order valence-corrected chi connectivity index (χ0v) is 16.0. The lowest BCUT2D eigenvalue weighted by atomic mass is 10.0. The SMILES string of the molecule is CCCOc1ccc2cc(C(=O)c3c(C)[nH]c(C)c3C(=O)OCC)oc2c1. The summed E-state index contributed by atoms with van der Waals surface area (Å²) in [5.41, 5.74) is 2.31. The Labute approximate surface area is 157 Å². The second-order valence-electron chi connectivity index (χ2n) is 6.33. The molecule has 0 fully saturated rings. The van der Waals surface area contributed by atoms with Gasteiger partial charge in [0.05, 0.1) is 24.3 Å². The van der Waals surface area contributed by atoms with E-state index in [1.807, 2.05) is 19.1 Å². The number of fused-ring (bicyclic) bond motifs is 1. The average molecular weight is 369 g/mol. The minimum absolute atomic E-state index is 0.172. The number of aryl methyl sites for hydroxylation is 2. The number of H-pyrrole nitrogens is 1. The molecule has 0 bridgehead atoms. The monoisotopic (exact) mass is 369 g/mol. The highest BCUT2D eigenvalue weighted by Crippen LogP contribution is 2.28. The van der Waals surface area contributed by atoms with Crippen LogP contribution in [-0.4, -0.2) is 30.0 Å². The molecule has 0 aliphatic carbocycles. The van der Waals surface area contributed by atoms with Gasteiger partial charge in [-0.3, -0.25) is 4.79 Å². The first-order valence-corrected chi connectivity index (χ1v) is 9.03. The smallest absolute Gasteiger partial charge is 0.340 e. The molecule has 6 heteroatoms. The number of ether oxygens (including phenoxy) is 2. The quantitative estimate of drug-likeness (QED) is 0.487. The lowest BCUT2D eigenvalue weighted by Crippen LogP contribution is -2.12. The van der Waals surface area contributed by atoms with Crippen LogP contribution in [0.15, 0.2) is 28.7 Å². The van der Waals surface area contributed by atoms with Gasteiger partial charge < -0.3 is 18.9 Å². The van der Waals surface area contributed by atoms with Gasteiger partial charge in [-0.1, -0.05) is 6.92 Å². The fourth-order valence-electron chi connectivity index (χ4n) is 3.08. The summed E-state index contributed by atoms with van der Waals surface area (Å²) in [7, 11) is 0. The summed E-state index contributed by atoms with van der Waals surface area (Å²) < 4.78 is 16.5. The van der Waals surface area contributed by atoms with E-state index in [1.165, 1.54) is 0 Å². The van der Waals surface area contributed by atoms with Crippen molar-refractivity contribution in [3.05, 3.63) is 52.5 Å². The summed E-state index contributed by atoms with van der Waals surface area (Å²) in [4.78, 5) is 28.4. The van der Waals surface area contributed by atoms with E-state index >= 15 is 0 Å². The first kappa shape index (κ1) is 18.8. The number of carbonyl (C=O) groups is 2. The van der Waals surface area contributed by atoms with E-state index in [2.05, 4.69) is 4.98 Å². The molecule has 0 radical (unpaired) electrons. The molecule has 6 nitrogen and oxygen atoms in total. The summed E-state index contributed by atoms with van der Waals surface area (Å²) in [6.45, 7) is 8.11. The number of ketones is 1. The maximum absolute atomic E-state index is 13.1. The third-order valence-electron chi connectivity index (χ3n) is 4.27. The highest BCUT2D eigenvalue weighted by molar-refractivity contribution is 6.15. The van der Waals surface area contributed by atoms with Crippen LogP contribution >= 0.6 is 0 Å². The second-order valence-corrected chi connectivity index (χ2v) is 6.33. The van der Waals surface area contributed by atoms with Gasteiger partial charge in [-0.25, -0.2) is 4.79 Å². The zero-order chi connectivity index (χ0) is 19.6. The first-order valence-electron chi connectivity index (χ1n) is 9.03. The van der Waals surface area contributed by atoms with Gasteiger partial charge in [-0.05, 0) is 45.4 Å². The van der Waals surface area contributed by atoms with Crippen LogP contribution in [0.3, 0.4) is 0 Å². The Balaban J connectivity index is 2.00. The molecule has 0 aliphatic heterocycles. The summed E-state index contributed by atoms with van der Waals surface area (Å²) >= 11 is 0. The summed E-state index contributed by atoms with van der Waals surface area (Å²) in [5.74, 6) is -0.00920. The highest BCUT2D eigenvalue weighted by atomic mass is 16.5. The van der Waals surface area contributed by atoms with Crippen LogP contribution in [0.1, 0.15) is 58.1 Å². The molecule has 142 valence electrons. The van der Waals surface area contributed by atoms with Crippen LogP contribution in [0.4, 0.5) is 0 Å². The number of aromatic nitrogens is 1. The lowest BCUT2D eigenvalue weighted by molar-refractivity contribution is 0.0523. The number of hydrogen-bond acceptors (Lipinski definition) is 5. The minimum atomic E-state index is -0.519. The fraction of sp³-hybridized carbons (Fsp3) is 0.333. The third kappa shape index (κ3) is 3.60. The predicted octanol–water partition coefficient (Wildman–Crippen LogP) is 4.57. The number of aromatic amines is 1. The van der Waals surface area contributed by atoms with Crippen molar-refractivity contribution >= 4 is 22.7 Å². The average Bonchev–Trinajstić information content (AvgIpc) is 3.19. The Bertz CT molecular complexity index is 996. The molecule has 0 amide bonds. The van der Waals surface area contributed by atoms with Gasteiger partial charge in [-0.15, -0.1) is 0 Å². The van der Waals surface area contributed by atoms with Crippen LogP contribution < -0.4 is 4.74 Å². The second kappa shape index (κ2) is 7.70. The summed E-state index contributed by atoms with van der Waals surface area (Å²) in [6, 6.07) is 7.14. The molecule has 2 heterocycles. The Morgan fingerprint density at radius 1 is 1.07 bits per heavy atom. The minimum Gasteiger partial charge on any atom is -0.493 e. The van der Waals surface area contributed by atoms with Gasteiger partial charge in [0.1, 0.15) is 11.3 Å². The van der Waals surface area contributed by atoms with Crippen molar-refractivity contribution < 1.29 is 23.5 Å². The molecule has 1 aromatic carbocycles. The fourth-order valence-corrected chi connectivity index (χ4v) is 3.08. The van der Waals surface area contributed by atoms with Gasteiger partial charge >= 0.3 is 5.97 Å². The van der Waals surface area contributed by atoms with Crippen molar-refractivity contribution in [3.63, 3.8) is 0 Å². The summed E-state index contributed by atoms with van der Waals surface area (Å²) in [5, 5.41) is 0.796. The van der Waals surface area contributed by atoms with Crippen molar-refractivity contribution in [2.45, 2.75) is 34.1 Å². The maximum Gasteiger partial charge on any atom is 0.340 e. The Morgan fingerprint density at radius 2 is 1.81 bits per heavy atom. The van der Waals surface area contributed by atoms with E-state index in [1.54, 1.807) is 32.9 Å². The number of carbonyl (C=O) groups excluding carboxylic acids is 2. The Hall–Kier alpha value is -3.02. The molecule has 0 saturated heterocycles. The molecule has 3 rings (SSSR count). The van der Waals surface area contributed by atoms with Gasteiger partial charge in [0, 0.05) is 22.8 Å². The van der Waals surface area contributed by atoms with Gasteiger partial charge in [0.25, 0.3) is 0 Å². The van der Waals surface area contributed by atoms with E-state index in [-0.39, 0.29) is 29.3 Å². The van der Waals surface area contributed by atoms with Crippen molar-refractivity contribution in [1.29, 1.82) is 0 Å². The first-order chi connectivity index (χ1) is 13.0. The van der Waals surface area contributed by atoms with Gasteiger partial charge in [0.2, 0.25) is 5.78 Å².